The second kappa shape index (κ2) is 5.96. The Kier molecular flexibility index (Phi) is 3.83. The molecule has 1 aliphatic carbocycles. The van der Waals surface area contributed by atoms with E-state index in [0.717, 1.165) is 18.5 Å². The van der Waals surface area contributed by atoms with Crippen LogP contribution in [0.3, 0.4) is 0 Å². The Labute approximate surface area is 133 Å². The van der Waals surface area contributed by atoms with E-state index < -0.39 is 0 Å². The van der Waals surface area contributed by atoms with Gasteiger partial charge >= 0.3 is 0 Å². The number of benzene rings is 1. The molecule has 2 heterocycles. The number of aryl methyl sites for hydroxylation is 1. The van der Waals surface area contributed by atoms with Crippen LogP contribution in [-0.4, -0.2) is 17.5 Å². The van der Waals surface area contributed by atoms with E-state index in [1.165, 1.54) is 67.6 Å². The lowest BCUT2D eigenvalue weighted by molar-refractivity contribution is 0.0547. The fraction of sp³-hybridized carbons (Fsp3) is 0.579. The number of anilines is 2. The maximum absolute atomic E-state index is 3.46. The molecule has 3 heteroatoms. The van der Waals surface area contributed by atoms with Crippen LogP contribution in [0.1, 0.15) is 49.7 Å². The van der Waals surface area contributed by atoms with Crippen molar-refractivity contribution < 1.29 is 0 Å². The third kappa shape index (κ3) is 2.52. The first-order chi connectivity index (χ1) is 10.8. The zero-order valence-corrected chi connectivity index (χ0v) is 13.6. The summed E-state index contributed by atoms with van der Waals surface area (Å²) in [5, 5.41) is 6.83. The topological polar surface area (TPSA) is 27.3 Å². The molecule has 2 unspecified atom stereocenters. The molecule has 0 spiro atoms. The van der Waals surface area contributed by atoms with Gasteiger partial charge in [0, 0.05) is 25.0 Å². The van der Waals surface area contributed by atoms with Crippen molar-refractivity contribution in [3.05, 3.63) is 35.7 Å². The van der Waals surface area contributed by atoms with Crippen molar-refractivity contribution in [2.24, 2.45) is 5.92 Å². The molecule has 2 atom stereocenters. The molecule has 0 bridgehead atoms. The van der Waals surface area contributed by atoms with Crippen molar-refractivity contribution in [3.8, 4) is 0 Å². The first-order valence-corrected chi connectivity index (χ1v) is 8.87. The Morgan fingerprint density at radius 3 is 2.82 bits per heavy atom. The molecule has 0 amide bonds. The zero-order chi connectivity index (χ0) is 14.9. The summed E-state index contributed by atoms with van der Waals surface area (Å²) in [6.45, 7) is 4.62. The van der Waals surface area contributed by atoms with Crippen molar-refractivity contribution in [2.45, 2.75) is 58.0 Å². The van der Waals surface area contributed by atoms with Gasteiger partial charge in [0.05, 0.1) is 11.4 Å². The van der Waals surface area contributed by atoms with Crippen molar-refractivity contribution in [2.75, 3.05) is 17.2 Å². The van der Waals surface area contributed by atoms with Gasteiger partial charge in [-0.05, 0) is 62.3 Å². The van der Waals surface area contributed by atoms with E-state index in [1.54, 1.807) is 0 Å². The predicted octanol–water partition coefficient (Wildman–Crippen LogP) is 4.46. The summed E-state index contributed by atoms with van der Waals surface area (Å²) in [5.74, 6) is 0.952. The molecule has 4 rings (SSSR count). The summed E-state index contributed by atoms with van der Waals surface area (Å²) < 4.78 is 0. The van der Waals surface area contributed by atoms with Gasteiger partial charge in [-0.3, -0.25) is 4.90 Å². The summed E-state index contributed by atoms with van der Waals surface area (Å²) in [6.07, 6.45) is 12.5. The maximum atomic E-state index is 3.46. The van der Waals surface area contributed by atoms with Crippen LogP contribution in [0.4, 0.5) is 11.4 Å². The van der Waals surface area contributed by atoms with Gasteiger partial charge in [0.25, 0.3) is 0 Å². The first-order valence-electron chi connectivity index (χ1n) is 8.87. The highest BCUT2D eigenvalue weighted by Gasteiger charge is 2.33. The Hall–Kier alpha value is -1.48. The minimum Gasteiger partial charge on any atom is -0.359 e. The fourth-order valence-corrected chi connectivity index (χ4v) is 4.62. The van der Waals surface area contributed by atoms with Crippen LogP contribution in [0, 0.1) is 12.8 Å². The molecular weight excluding hydrogens is 270 g/mol. The van der Waals surface area contributed by atoms with Crippen LogP contribution < -0.4 is 10.6 Å². The summed E-state index contributed by atoms with van der Waals surface area (Å²) in [7, 11) is 0. The Morgan fingerprint density at radius 1 is 1.05 bits per heavy atom. The first kappa shape index (κ1) is 14.1. The number of nitrogens with zero attached hydrogens (tertiary/aromatic N) is 1. The van der Waals surface area contributed by atoms with E-state index in [2.05, 4.69) is 34.6 Å². The molecule has 2 aliphatic heterocycles. The van der Waals surface area contributed by atoms with Crippen molar-refractivity contribution >= 4 is 11.4 Å². The third-order valence-corrected chi connectivity index (χ3v) is 5.82. The lowest BCUT2D eigenvalue weighted by atomic mass is 9.78. The van der Waals surface area contributed by atoms with Gasteiger partial charge in [0.1, 0.15) is 0 Å². The number of hydrogen-bond acceptors (Lipinski definition) is 3. The Morgan fingerprint density at radius 2 is 1.86 bits per heavy atom. The summed E-state index contributed by atoms with van der Waals surface area (Å²) in [4.78, 5) is 2.77. The molecule has 3 nitrogen and oxygen atoms in total. The number of piperidine rings is 1. The summed E-state index contributed by atoms with van der Waals surface area (Å²) in [5.41, 5.74) is 5.36. The van der Waals surface area contributed by atoms with Crippen molar-refractivity contribution in [1.29, 1.82) is 0 Å². The molecule has 1 aromatic carbocycles. The van der Waals surface area contributed by atoms with Crippen LogP contribution in [0.2, 0.25) is 0 Å². The van der Waals surface area contributed by atoms with Gasteiger partial charge in [0.2, 0.25) is 0 Å². The average molecular weight is 297 g/mol. The number of hydrogen-bond donors (Lipinski definition) is 2. The number of nitrogens with one attached hydrogen (secondary N) is 2. The minimum absolute atomic E-state index is 0.824. The standard InChI is InChI=1S/C19H27N3/c1-14-8-9-17-19(21-11-10-20-17)16(14)13-22-12-4-6-15-5-2-3-7-18(15)22/h8-11,15,18,20-21H,2-7,12-13H2,1H3. The average Bonchev–Trinajstić information content (AvgIpc) is 2.58. The van der Waals surface area contributed by atoms with Crippen LogP contribution in [0.15, 0.2) is 24.5 Å². The highest BCUT2D eigenvalue weighted by atomic mass is 15.2. The van der Waals surface area contributed by atoms with Gasteiger partial charge in [0.15, 0.2) is 0 Å². The van der Waals surface area contributed by atoms with Gasteiger partial charge < -0.3 is 10.6 Å². The molecule has 2 N–H and O–H groups in total. The molecule has 0 aromatic heterocycles. The van der Waals surface area contributed by atoms with Crippen LogP contribution in [0.5, 0.6) is 0 Å². The monoisotopic (exact) mass is 297 g/mol. The van der Waals surface area contributed by atoms with E-state index in [1.807, 2.05) is 12.4 Å². The largest absolute Gasteiger partial charge is 0.359 e. The van der Waals surface area contributed by atoms with Crippen LogP contribution in [-0.2, 0) is 6.54 Å². The Bertz CT molecular complexity index is 576. The molecule has 1 saturated carbocycles. The highest BCUT2D eigenvalue weighted by molar-refractivity contribution is 5.77. The lowest BCUT2D eigenvalue weighted by Crippen LogP contribution is -2.46. The molecule has 22 heavy (non-hydrogen) atoms. The van der Waals surface area contributed by atoms with Crippen molar-refractivity contribution in [3.63, 3.8) is 0 Å². The van der Waals surface area contributed by atoms with E-state index in [0.29, 0.717) is 0 Å². The molecule has 1 aromatic rings. The minimum atomic E-state index is 0.824. The molecule has 3 aliphatic rings. The summed E-state index contributed by atoms with van der Waals surface area (Å²) >= 11 is 0. The molecule has 2 fully saturated rings. The zero-order valence-electron chi connectivity index (χ0n) is 13.6. The predicted molar refractivity (Wildman–Crippen MR) is 93.0 cm³/mol. The van der Waals surface area contributed by atoms with Crippen LogP contribution in [0.25, 0.3) is 0 Å². The molecule has 118 valence electrons. The van der Waals surface area contributed by atoms with Gasteiger partial charge in [-0.2, -0.15) is 0 Å². The van der Waals surface area contributed by atoms with Gasteiger partial charge in [-0.1, -0.05) is 18.9 Å². The maximum Gasteiger partial charge on any atom is 0.0667 e. The second-order valence-corrected chi connectivity index (χ2v) is 7.13. The van der Waals surface area contributed by atoms with E-state index in [-0.39, 0.29) is 0 Å². The number of rotatable bonds is 2. The lowest BCUT2D eigenvalue weighted by Gasteiger charge is -2.44. The molecular formula is C19H27N3. The van der Waals surface area contributed by atoms with E-state index >= 15 is 0 Å². The van der Waals surface area contributed by atoms with Gasteiger partial charge in [-0.25, -0.2) is 0 Å². The SMILES string of the molecule is Cc1ccc2c(c1CN1CCCC3CCCCC31)NC=CN2. The van der Waals surface area contributed by atoms with E-state index in [4.69, 9.17) is 0 Å². The highest BCUT2D eigenvalue weighted by Crippen LogP contribution is 2.38. The smallest absolute Gasteiger partial charge is 0.0667 e. The summed E-state index contributed by atoms with van der Waals surface area (Å²) in [6, 6.07) is 5.26. The molecule has 1 saturated heterocycles. The second-order valence-electron chi connectivity index (χ2n) is 7.13. The quantitative estimate of drug-likeness (QED) is 0.844. The number of likely N-dealkylation sites (tertiary alicyclic amines) is 1. The third-order valence-electron chi connectivity index (χ3n) is 5.82. The fourth-order valence-electron chi connectivity index (χ4n) is 4.62. The normalized spacial score (nSPS) is 27.5. The van der Waals surface area contributed by atoms with Gasteiger partial charge in [-0.15, -0.1) is 0 Å². The number of fused-ring (bicyclic) bond motifs is 2. The van der Waals surface area contributed by atoms with E-state index in [9.17, 15) is 0 Å². The van der Waals surface area contributed by atoms with Crippen molar-refractivity contribution in [1.82, 2.24) is 4.90 Å². The molecule has 0 radical (unpaired) electrons. The van der Waals surface area contributed by atoms with Crippen LogP contribution >= 0.6 is 0 Å². The Balaban J connectivity index is 1.60.